The lowest BCUT2D eigenvalue weighted by atomic mass is 10.2. The maximum Gasteiger partial charge on any atom is 0.305 e. The van der Waals surface area contributed by atoms with E-state index >= 15 is 0 Å². The van der Waals surface area contributed by atoms with Crippen molar-refractivity contribution in [3.63, 3.8) is 0 Å². The number of nitrogens with one attached hydrogen (secondary N) is 1. The van der Waals surface area contributed by atoms with Crippen LogP contribution in [0, 0.1) is 6.92 Å². The number of nitrogens with zero attached hydrogens (tertiary/aromatic N) is 2. The molecule has 0 aliphatic rings. The fourth-order valence-corrected chi connectivity index (χ4v) is 1.32. The van der Waals surface area contributed by atoms with Crippen LogP contribution in [0.5, 0.6) is 0 Å². The maximum atomic E-state index is 11.4. The Labute approximate surface area is 98.2 Å². The molecule has 1 heterocycles. The molecule has 0 bridgehead atoms. The van der Waals surface area contributed by atoms with Crippen LogP contribution in [0.15, 0.2) is 4.52 Å². The molecule has 1 rings (SSSR count). The summed E-state index contributed by atoms with van der Waals surface area (Å²) in [6.45, 7) is 3.34. The predicted octanol–water partition coefficient (Wildman–Crippen LogP) is 0.290. The number of carboxylic acids is 1. The summed E-state index contributed by atoms with van der Waals surface area (Å²) < 4.78 is 4.85. The van der Waals surface area contributed by atoms with E-state index in [1.807, 2.05) is 0 Å². The molecule has 1 atom stereocenters. The van der Waals surface area contributed by atoms with Gasteiger partial charge in [-0.2, -0.15) is 4.98 Å². The van der Waals surface area contributed by atoms with Crippen LogP contribution in [0.2, 0.25) is 0 Å². The molecule has 1 unspecified atom stereocenters. The molecule has 1 amide bonds. The van der Waals surface area contributed by atoms with E-state index < -0.39 is 5.97 Å². The molecule has 0 radical (unpaired) electrons. The number of carbonyl (C=O) groups excluding carboxylic acids is 1. The van der Waals surface area contributed by atoms with E-state index in [2.05, 4.69) is 15.5 Å². The van der Waals surface area contributed by atoms with Gasteiger partial charge in [0, 0.05) is 18.9 Å². The number of hydrogen-bond acceptors (Lipinski definition) is 5. The molecule has 7 nitrogen and oxygen atoms in total. The standard InChI is InChI=1S/C10H15N3O4/c1-6(5-10(15)16)11-8(14)3-4-9-12-7(2)13-17-9/h6H,3-5H2,1-2H3,(H,11,14)(H,15,16). The first-order valence-corrected chi connectivity index (χ1v) is 5.27. The monoisotopic (exact) mass is 241 g/mol. The van der Waals surface area contributed by atoms with Crippen molar-refractivity contribution in [1.29, 1.82) is 0 Å². The highest BCUT2D eigenvalue weighted by atomic mass is 16.5. The molecule has 0 saturated carbocycles. The van der Waals surface area contributed by atoms with Crippen LogP contribution in [-0.2, 0) is 16.0 Å². The molecular weight excluding hydrogens is 226 g/mol. The van der Waals surface area contributed by atoms with Gasteiger partial charge in [0.25, 0.3) is 0 Å². The van der Waals surface area contributed by atoms with Crippen LogP contribution in [0.1, 0.15) is 31.5 Å². The zero-order chi connectivity index (χ0) is 12.8. The Morgan fingerprint density at radius 1 is 1.53 bits per heavy atom. The van der Waals surface area contributed by atoms with E-state index in [-0.39, 0.29) is 24.8 Å². The molecule has 0 aliphatic heterocycles. The molecule has 7 heteroatoms. The molecule has 0 saturated heterocycles. The number of rotatable bonds is 6. The van der Waals surface area contributed by atoms with Crippen LogP contribution in [0.3, 0.4) is 0 Å². The summed E-state index contributed by atoms with van der Waals surface area (Å²) in [5, 5.41) is 14.7. The molecule has 94 valence electrons. The first-order chi connectivity index (χ1) is 7.97. The van der Waals surface area contributed by atoms with Crippen molar-refractivity contribution in [2.75, 3.05) is 0 Å². The van der Waals surface area contributed by atoms with Crippen LogP contribution in [0.4, 0.5) is 0 Å². The number of aromatic nitrogens is 2. The van der Waals surface area contributed by atoms with E-state index in [0.717, 1.165) is 0 Å². The molecule has 2 N–H and O–H groups in total. The summed E-state index contributed by atoms with van der Waals surface area (Å²) in [5.74, 6) is -0.233. The third kappa shape index (κ3) is 5.10. The quantitative estimate of drug-likeness (QED) is 0.741. The topological polar surface area (TPSA) is 105 Å². The van der Waals surface area contributed by atoms with Gasteiger partial charge in [0.2, 0.25) is 11.8 Å². The molecule has 0 spiro atoms. The highest BCUT2D eigenvalue weighted by Gasteiger charge is 2.12. The lowest BCUT2D eigenvalue weighted by Crippen LogP contribution is -2.34. The summed E-state index contributed by atoms with van der Waals surface area (Å²) in [6.07, 6.45) is 0.462. The smallest absolute Gasteiger partial charge is 0.305 e. The molecule has 1 aromatic heterocycles. The third-order valence-electron chi connectivity index (χ3n) is 2.02. The highest BCUT2D eigenvalue weighted by Crippen LogP contribution is 2.00. The van der Waals surface area contributed by atoms with Gasteiger partial charge in [-0.05, 0) is 13.8 Å². The van der Waals surface area contributed by atoms with Gasteiger partial charge in [-0.1, -0.05) is 5.16 Å². The number of hydrogen-bond donors (Lipinski definition) is 2. The number of aryl methyl sites for hydroxylation is 2. The molecule has 0 aromatic carbocycles. The van der Waals surface area contributed by atoms with Crippen molar-refractivity contribution in [2.24, 2.45) is 0 Å². The van der Waals surface area contributed by atoms with Crippen LogP contribution in [0.25, 0.3) is 0 Å². The Hall–Kier alpha value is -1.92. The number of amides is 1. The Balaban J connectivity index is 2.28. The Bertz CT molecular complexity index is 402. The van der Waals surface area contributed by atoms with E-state index in [1.165, 1.54) is 0 Å². The minimum Gasteiger partial charge on any atom is -0.481 e. The molecular formula is C10H15N3O4. The minimum absolute atomic E-state index is 0.0919. The van der Waals surface area contributed by atoms with Crippen molar-refractivity contribution in [1.82, 2.24) is 15.5 Å². The third-order valence-corrected chi connectivity index (χ3v) is 2.02. The molecule has 17 heavy (non-hydrogen) atoms. The average Bonchev–Trinajstić information content (AvgIpc) is 2.59. The van der Waals surface area contributed by atoms with Crippen LogP contribution >= 0.6 is 0 Å². The van der Waals surface area contributed by atoms with Gasteiger partial charge >= 0.3 is 5.97 Å². The molecule has 0 aliphatic carbocycles. The molecule has 1 aromatic rings. The summed E-state index contributed by atoms with van der Waals surface area (Å²) in [4.78, 5) is 25.8. The fourth-order valence-electron chi connectivity index (χ4n) is 1.32. The van der Waals surface area contributed by atoms with Gasteiger partial charge in [-0.3, -0.25) is 9.59 Å². The predicted molar refractivity (Wildman–Crippen MR) is 57.2 cm³/mol. The average molecular weight is 241 g/mol. The van der Waals surface area contributed by atoms with Gasteiger partial charge in [0.1, 0.15) is 0 Å². The van der Waals surface area contributed by atoms with Gasteiger partial charge in [-0.25, -0.2) is 0 Å². The van der Waals surface area contributed by atoms with E-state index in [1.54, 1.807) is 13.8 Å². The Kier molecular flexibility index (Phi) is 4.62. The van der Waals surface area contributed by atoms with Crippen molar-refractivity contribution in [3.8, 4) is 0 Å². The maximum absolute atomic E-state index is 11.4. The summed E-state index contributed by atoms with van der Waals surface area (Å²) in [6, 6.07) is -0.385. The summed E-state index contributed by atoms with van der Waals surface area (Å²) >= 11 is 0. The van der Waals surface area contributed by atoms with Gasteiger partial charge in [-0.15, -0.1) is 0 Å². The Morgan fingerprint density at radius 3 is 2.76 bits per heavy atom. The van der Waals surface area contributed by atoms with E-state index in [4.69, 9.17) is 9.63 Å². The number of aliphatic carboxylic acids is 1. The highest BCUT2D eigenvalue weighted by molar-refractivity contribution is 5.77. The van der Waals surface area contributed by atoms with E-state index in [0.29, 0.717) is 18.1 Å². The molecule has 0 fully saturated rings. The lowest BCUT2D eigenvalue weighted by Gasteiger charge is -2.10. The summed E-state index contributed by atoms with van der Waals surface area (Å²) in [7, 11) is 0. The first-order valence-electron chi connectivity index (χ1n) is 5.27. The largest absolute Gasteiger partial charge is 0.481 e. The van der Waals surface area contributed by atoms with Gasteiger partial charge < -0.3 is 14.9 Å². The summed E-state index contributed by atoms with van der Waals surface area (Å²) in [5.41, 5.74) is 0. The van der Waals surface area contributed by atoms with Crippen molar-refractivity contribution >= 4 is 11.9 Å². The number of carbonyl (C=O) groups is 2. The second kappa shape index (κ2) is 5.97. The van der Waals surface area contributed by atoms with Crippen LogP contribution < -0.4 is 5.32 Å². The second-order valence-electron chi connectivity index (χ2n) is 3.80. The normalized spacial score (nSPS) is 12.1. The van der Waals surface area contributed by atoms with Crippen molar-refractivity contribution in [3.05, 3.63) is 11.7 Å². The SMILES string of the molecule is Cc1noc(CCC(=O)NC(C)CC(=O)O)n1. The first kappa shape index (κ1) is 13.1. The fraction of sp³-hybridized carbons (Fsp3) is 0.600. The van der Waals surface area contributed by atoms with E-state index in [9.17, 15) is 9.59 Å². The van der Waals surface area contributed by atoms with Gasteiger partial charge in [0.05, 0.1) is 6.42 Å². The van der Waals surface area contributed by atoms with Crippen LogP contribution in [-0.4, -0.2) is 33.2 Å². The zero-order valence-electron chi connectivity index (χ0n) is 9.77. The van der Waals surface area contributed by atoms with Crippen molar-refractivity contribution in [2.45, 2.75) is 39.2 Å². The number of carboxylic acid groups (broad SMARTS) is 1. The Morgan fingerprint density at radius 2 is 2.24 bits per heavy atom. The van der Waals surface area contributed by atoms with Crippen molar-refractivity contribution < 1.29 is 19.2 Å². The second-order valence-corrected chi connectivity index (χ2v) is 3.80. The minimum atomic E-state index is -0.940. The van der Waals surface area contributed by atoms with Gasteiger partial charge in [0.15, 0.2) is 5.82 Å². The zero-order valence-corrected chi connectivity index (χ0v) is 9.77. The lowest BCUT2D eigenvalue weighted by molar-refractivity contribution is -0.137.